The molecule has 0 bridgehead atoms. The number of fused-ring (bicyclic) bond motifs is 3. The highest BCUT2D eigenvalue weighted by Crippen LogP contribution is 2.37. The van der Waals surface area contributed by atoms with Crippen LogP contribution in [0.2, 0.25) is 0 Å². The topological polar surface area (TPSA) is 38.7 Å². The van der Waals surface area contributed by atoms with Crippen molar-refractivity contribution >= 4 is 125 Å². The van der Waals surface area contributed by atoms with Crippen molar-refractivity contribution in [3.8, 4) is 67.5 Å². The van der Waals surface area contributed by atoms with Crippen LogP contribution >= 0.6 is 11.3 Å². The Kier molecular flexibility index (Phi) is 9.22. The average Bonchev–Trinajstić information content (AvgIpc) is 3.65. The molecule has 0 fully saturated rings. The van der Waals surface area contributed by atoms with E-state index >= 15 is 0 Å². The summed E-state index contributed by atoms with van der Waals surface area (Å²) in [6.45, 7) is 0. The van der Waals surface area contributed by atoms with E-state index in [4.69, 9.17) is 15.0 Å². The number of benzene rings is 7. The molecule has 0 saturated carbocycles. The predicted molar refractivity (Wildman–Crippen MR) is 263 cm³/mol. The number of nitrogens with zero attached hydrogens (tertiary/aromatic N) is 3. The van der Waals surface area contributed by atoms with Gasteiger partial charge in [0.15, 0.2) is 17.5 Å². The molecule has 0 N–H and O–H groups in total. The first-order valence-electron chi connectivity index (χ1n) is 19.3. The maximum atomic E-state index is 5.15. The van der Waals surface area contributed by atoms with E-state index in [1.807, 2.05) is 23.5 Å². The number of thiophene rings is 1. The number of aromatic nitrogens is 3. The lowest BCUT2D eigenvalue weighted by atomic mass is 9.64. The van der Waals surface area contributed by atoms with Crippen molar-refractivity contribution in [1.82, 2.24) is 15.0 Å². The zero-order valence-corrected chi connectivity index (χ0v) is 33.8. The Morgan fingerprint density at radius 3 is 1.27 bits per heavy atom. The fourth-order valence-electron chi connectivity index (χ4n) is 8.12. The summed E-state index contributed by atoms with van der Waals surface area (Å²) in [6, 6.07) is 46.8. The molecule has 258 valence electrons. The molecule has 9 aromatic rings. The predicted octanol–water partition coefficient (Wildman–Crippen LogP) is 0.0503. The molecule has 2 heterocycles. The van der Waals surface area contributed by atoms with Crippen LogP contribution in [0.15, 0.2) is 133 Å². The molecular formula is C45H36B7N3S. The van der Waals surface area contributed by atoms with E-state index in [0.29, 0.717) is 17.5 Å². The van der Waals surface area contributed by atoms with Crippen molar-refractivity contribution in [2.75, 3.05) is 0 Å². The van der Waals surface area contributed by atoms with E-state index in [2.05, 4.69) is 176 Å². The minimum absolute atomic E-state index is 0.645. The molecule has 56 heavy (non-hydrogen) atoms. The number of hydrogen-bond donors (Lipinski definition) is 0. The zero-order chi connectivity index (χ0) is 38.7. The van der Waals surface area contributed by atoms with Gasteiger partial charge < -0.3 is 0 Å². The molecule has 3 nitrogen and oxygen atoms in total. The van der Waals surface area contributed by atoms with Gasteiger partial charge in [0.1, 0.15) is 54.9 Å². The summed E-state index contributed by atoms with van der Waals surface area (Å²) < 4.78 is 2.80. The van der Waals surface area contributed by atoms with E-state index in [1.165, 1.54) is 75.1 Å². The van der Waals surface area contributed by atoms with Crippen LogP contribution in [-0.2, 0) is 0 Å². The summed E-state index contributed by atoms with van der Waals surface area (Å²) in [5.74, 6) is 1.94. The van der Waals surface area contributed by atoms with Crippen molar-refractivity contribution in [2.24, 2.45) is 0 Å². The first kappa shape index (κ1) is 35.9. The summed E-state index contributed by atoms with van der Waals surface area (Å²) in [4.78, 5) is 15.4. The summed E-state index contributed by atoms with van der Waals surface area (Å²) in [6.07, 6.45) is 0. The van der Waals surface area contributed by atoms with Crippen molar-refractivity contribution < 1.29 is 0 Å². The largest absolute Gasteiger partial charge is 0.208 e. The second-order valence-corrected chi connectivity index (χ2v) is 16.1. The molecular weight excluding hydrogens is 690 g/mol. The van der Waals surface area contributed by atoms with Gasteiger partial charge in [0.05, 0.1) is 0 Å². The molecule has 0 radical (unpaired) electrons. The minimum Gasteiger partial charge on any atom is -0.208 e. The highest BCUT2D eigenvalue weighted by Gasteiger charge is 2.22. The van der Waals surface area contributed by atoms with Gasteiger partial charge in [-0.2, -0.15) is 0 Å². The van der Waals surface area contributed by atoms with E-state index in [1.54, 1.807) is 0 Å². The molecule has 0 saturated heterocycles. The molecule has 11 heteroatoms. The van der Waals surface area contributed by atoms with Gasteiger partial charge in [0, 0.05) is 31.5 Å². The molecule has 9 rings (SSSR count). The van der Waals surface area contributed by atoms with Gasteiger partial charge in [0.2, 0.25) is 0 Å². The summed E-state index contributed by atoms with van der Waals surface area (Å²) >= 11 is 1.95. The van der Waals surface area contributed by atoms with Crippen molar-refractivity contribution in [1.29, 1.82) is 0 Å². The Bertz CT molecular complexity index is 2970. The van der Waals surface area contributed by atoms with Crippen LogP contribution in [0.4, 0.5) is 0 Å². The SMILES string of the molecule is Bc1c(B)c(B)c2c(sc3c(B)c(B)c(B)c(-c4ccc(-c5nc(-c6ccc(-c7ccccc7)cc6)nc(-c6cccc(-c7ccccc7)c6)n5)cc4)c32)c1B. The average molecular weight is 727 g/mol. The van der Waals surface area contributed by atoms with Gasteiger partial charge in [-0.1, -0.05) is 155 Å². The Hall–Kier alpha value is -5.78. The Balaban J connectivity index is 1.19. The highest BCUT2D eigenvalue weighted by molar-refractivity contribution is 7.28. The van der Waals surface area contributed by atoms with Crippen molar-refractivity contribution in [2.45, 2.75) is 0 Å². The summed E-state index contributed by atoms with van der Waals surface area (Å²) in [5, 5.41) is 2.78. The van der Waals surface area contributed by atoms with Crippen molar-refractivity contribution in [3.05, 3.63) is 133 Å². The Morgan fingerprint density at radius 2 is 0.696 bits per heavy atom. The van der Waals surface area contributed by atoms with Crippen molar-refractivity contribution in [3.63, 3.8) is 0 Å². The first-order chi connectivity index (χ1) is 27.2. The van der Waals surface area contributed by atoms with E-state index in [-0.39, 0.29) is 0 Å². The molecule has 0 aliphatic heterocycles. The van der Waals surface area contributed by atoms with Gasteiger partial charge in [-0.15, -0.1) is 22.3 Å². The van der Waals surface area contributed by atoms with Crippen LogP contribution < -0.4 is 38.2 Å². The zero-order valence-electron chi connectivity index (χ0n) is 33.0. The smallest absolute Gasteiger partial charge is 0.164 e. The van der Waals surface area contributed by atoms with Crippen LogP contribution in [0.5, 0.6) is 0 Å². The van der Waals surface area contributed by atoms with Crippen LogP contribution in [-0.4, -0.2) is 69.9 Å². The van der Waals surface area contributed by atoms with Gasteiger partial charge in [-0.25, -0.2) is 15.0 Å². The monoisotopic (exact) mass is 727 g/mol. The summed E-state index contributed by atoms with van der Waals surface area (Å²) in [7, 11) is 16.0. The minimum atomic E-state index is 0.645. The third kappa shape index (κ3) is 6.15. The van der Waals surface area contributed by atoms with Gasteiger partial charge >= 0.3 is 0 Å². The molecule has 0 aliphatic rings. The third-order valence-corrected chi connectivity index (χ3v) is 13.4. The quantitative estimate of drug-likeness (QED) is 0.228. The Labute approximate surface area is 338 Å². The second-order valence-electron chi connectivity index (χ2n) is 15.0. The van der Waals surface area contributed by atoms with E-state index < -0.39 is 0 Å². The molecule has 7 aromatic carbocycles. The standard InChI is InChI=1S/C45H36B7N3S/c46-34-31(32-33-35(47)36(48)38(50)40(52)42(33)56-41(32)39(51)37(34)49)26-16-20-28(21-17-26)44-53-43(27-18-14-25(15-19-27)23-8-3-1-4-9-23)54-45(55-44)30-13-7-12-29(22-30)24-10-5-2-6-11-24/h1-22H,46-52H2. The third-order valence-electron chi connectivity index (χ3n) is 11.9. The first-order valence-corrected chi connectivity index (χ1v) is 20.1. The maximum absolute atomic E-state index is 5.15. The van der Waals surface area contributed by atoms with E-state index in [9.17, 15) is 0 Å². The lowest BCUT2D eigenvalue weighted by Gasteiger charge is -2.18. The molecule has 0 unspecified atom stereocenters. The van der Waals surface area contributed by atoms with E-state index in [0.717, 1.165) is 33.4 Å². The van der Waals surface area contributed by atoms with Crippen LogP contribution in [0.1, 0.15) is 0 Å². The van der Waals surface area contributed by atoms with Crippen LogP contribution in [0.3, 0.4) is 0 Å². The van der Waals surface area contributed by atoms with Gasteiger partial charge in [0.25, 0.3) is 0 Å². The fraction of sp³-hybridized carbons (Fsp3) is 0. The van der Waals surface area contributed by atoms with Gasteiger partial charge in [-0.05, 0) is 44.8 Å². The molecule has 0 amide bonds. The normalized spacial score (nSPS) is 11.4. The summed E-state index contributed by atoms with van der Waals surface area (Å²) in [5.41, 5.74) is 19.6. The maximum Gasteiger partial charge on any atom is 0.164 e. The van der Waals surface area contributed by atoms with Gasteiger partial charge in [-0.3, -0.25) is 0 Å². The molecule has 0 spiro atoms. The lowest BCUT2D eigenvalue weighted by Crippen LogP contribution is -2.47. The Morgan fingerprint density at radius 1 is 0.304 bits per heavy atom. The van der Waals surface area contributed by atoms with Crippen LogP contribution in [0, 0.1) is 0 Å². The molecule has 0 aliphatic carbocycles. The second kappa shape index (κ2) is 14.4. The lowest BCUT2D eigenvalue weighted by molar-refractivity contribution is 1.07. The molecule has 2 aromatic heterocycles. The number of rotatable bonds is 6. The fourth-order valence-corrected chi connectivity index (χ4v) is 9.60. The molecule has 0 atom stereocenters. The number of hydrogen-bond acceptors (Lipinski definition) is 4. The highest BCUT2D eigenvalue weighted by atomic mass is 32.1. The van der Waals surface area contributed by atoms with Crippen LogP contribution in [0.25, 0.3) is 87.7 Å².